The number of halogens is 2. The topological polar surface area (TPSA) is 86.7 Å². The molecule has 2 atom stereocenters. The van der Waals surface area contributed by atoms with E-state index in [1.54, 1.807) is 18.2 Å². The Morgan fingerprint density at radius 2 is 1.90 bits per heavy atom. The summed E-state index contributed by atoms with van der Waals surface area (Å²) in [5.74, 6) is -1.49. The van der Waals surface area contributed by atoms with Gasteiger partial charge in [0, 0.05) is 15.6 Å². The predicted octanol–water partition coefficient (Wildman–Crippen LogP) is 4.02. The maximum absolute atomic E-state index is 12.7. The lowest BCUT2D eigenvalue weighted by Crippen LogP contribution is -2.70. The van der Waals surface area contributed by atoms with E-state index in [4.69, 9.17) is 23.2 Å². The van der Waals surface area contributed by atoms with Crippen LogP contribution in [0.5, 0.6) is 0 Å². The molecule has 2 aliphatic heterocycles. The van der Waals surface area contributed by atoms with Gasteiger partial charge in [-0.25, -0.2) is 4.79 Å². The highest BCUT2D eigenvalue weighted by atomic mass is 35.5. The Balaban J connectivity index is 1.49. The second-order valence-electron chi connectivity index (χ2n) is 6.87. The van der Waals surface area contributed by atoms with Crippen LogP contribution in [0.2, 0.25) is 10.0 Å². The van der Waals surface area contributed by atoms with Crippen LogP contribution in [0.3, 0.4) is 0 Å². The number of fused-ring (bicyclic) bond motifs is 1. The molecular formula is C21H16Cl2N2O4S2. The lowest BCUT2D eigenvalue weighted by molar-refractivity contribution is -0.150. The van der Waals surface area contributed by atoms with Gasteiger partial charge in [-0.3, -0.25) is 14.5 Å². The Hall–Kier alpha value is -2.13. The third-order valence-corrected chi connectivity index (χ3v) is 8.07. The molecule has 31 heavy (non-hydrogen) atoms. The summed E-state index contributed by atoms with van der Waals surface area (Å²) in [6.07, 6.45) is 0.155. The van der Waals surface area contributed by atoms with Crippen LogP contribution < -0.4 is 5.32 Å². The number of benzene rings is 2. The molecule has 0 bridgehead atoms. The lowest BCUT2D eigenvalue weighted by atomic mass is 10.0. The molecule has 6 nitrogen and oxygen atoms in total. The van der Waals surface area contributed by atoms with Crippen LogP contribution in [0.1, 0.15) is 5.56 Å². The summed E-state index contributed by atoms with van der Waals surface area (Å²) < 4.78 is 0. The monoisotopic (exact) mass is 494 g/mol. The molecule has 0 saturated carbocycles. The highest BCUT2D eigenvalue weighted by Gasteiger charge is 2.54. The summed E-state index contributed by atoms with van der Waals surface area (Å²) >= 11 is 14.7. The van der Waals surface area contributed by atoms with Gasteiger partial charge in [-0.15, -0.1) is 11.8 Å². The average Bonchev–Trinajstić information content (AvgIpc) is 2.75. The molecule has 1 fully saturated rings. The van der Waals surface area contributed by atoms with Gasteiger partial charge in [0.15, 0.2) is 0 Å². The van der Waals surface area contributed by atoms with Crippen molar-refractivity contribution in [1.29, 1.82) is 0 Å². The quantitative estimate of drug-likeness (QED) is 0.589. The SMILES string of the molecule is O=C(Cc1ccccc1)N[C@@H]1C(=O)N2C(C(=O)O)=C(Sc3ccc(Cl)c(Cl)c3)CS[C@H]12. The third-order valence-electron chi connectivity index (χ3n) is 4.79. The van der Waals surface area contributed by atoms with Gasteiger partial charge in [0.25, 0.3) is 5.91 Å². The smallest absolute Gasteiger partial charge is 0.353 e. The van der Waals surface area contributed by atoms with E-state index in [-0.39, 0.29) is 18.0 Å². The summed E-state index contributed by atoms with van der Waals surface area (Å²) in [5, 5.41) is 12.9. The Morgan fingerprint density at radius 3 is 2.58 bits per heavy atom. The predicted molar refractivity (Wildman–Crippen MR) is 122 cm³/mol. The van der Waals surface area contributed by atoms with Crippen LogP contribution in [-0.2, 0) is 20.8 Å². The largest absolute Gasteiger partial charge is 0.477 e. The maximum Gasteiger partial charge on any atom is 0.353 e. The number of amides is 2. The van der Waals surface area contributed by atoms with E-state index in [1.165, 1.54) is 28.4 Å². The molecular weight excluding hydrogens is 479 g/mol. The van der Waals surface area contributed by atoms with Crippen molar-refractivity contribution in [2.45, 2.75) is 22.7 Å². The van der Waals surface area contributed by atoms with Crippen molar-refractivity contribution in [2.24, 2.45) is 0 Å². The van der Waals surface area contributed by atoms with Crippen LogP contribution in [0.15, 0.2) is 64.0 Å². The van der Waals surface area contributed by atoms with Crippen LogP contribution in [0.4, 0.5) is 0 Å². The van der Waals surface area contributed by atoms with Crippen molar-refractivity contribution in [3.63, 3.8) is 0 Å². The number of hydrogen-bond acceptors (Lipinski definition) is 5. The Labute approximate surface area is 197 Å². The van der Waals surface area contributed by atoms with E-state index in [0.29, 0.717) is 20.7 Å². The number of carbonyl (C=O) groups is 3. The fraction of sp³-hybridized carbons (Fsp3) is 0.190. The molecule has 160 valence electrons. The molecule has 4 rings (SSSR count). The minimum absolute atomic E-state index is 0.0571. The van der Waals surface area contributed by atoms with Crippen molar-refractivity contribution >= 4 is 64.5 Å². The van der Waals surface area contributed by atoms with Crippen LogP contribution in [0.25, 0.3) is 0 Å². The number of carboxylic acids is 1. The summed E-state index contributed by atoms with van der Waals surface area (Å²) in [4.78, 5) is 39.6. The number of β-lactam (4-membered cyclic amide) rings is 1. The van der Waals surface area contributed by atoms with Gasteiger partial charge >= 0.3 is 5.97 Å². The first-order chi connectivity index (χ1) is 14.8. The molecule has 1 saturated heterocycles. The number of nitrogens with zero attached hydrogens (tertiary/aromatic N) is 1. The average molecular weight is 495 g/mol. The minimum Gasteiger partial charge on any atom is -0.477 e. The first-order valence-corrected chi connectivity index (χ1v) is 11.8. The van der Waals surface area contributed by atoms with Gasteiger partial charge in [0.05, 0.1) is 16.5 Å². The zero-order chi connectivity index (χ0) is 22.1. The first-order valence-electron chi connectivity index (χ1n) is 9.22. The van der Waals surface area contributed by atoms with E-state index < -0.39 is 23.3 Å². The Kier molecular flexibility index (Phi) is 6.52. The van der Waals surface area contributed by atoms with E-state index >= 15 is 0 Å². The molecule has 2 aromatic carbocycles. The molecule has 2 N–H and O–H groups in total. The lowest BCUT2D eigenvalue weighted by Gasteiger charge is -2.49. The molecule has 0 radical (unpaired) electrons. The van der Waals surface area contributed by atoms with Gasteiger partial charge in [0.1, 0.15) is 17.1 Å². The second-order valence-corrected chi connectivity index (χ2v) is 9.96. The van der Waals surface area contributed by atoms with E-state index in [9.17, 15) is 19.5 Å². The molecule has 2 heterocycles. The van der Waals surface area contributed by atoms with Gasteiger partial charge in [-0.2, -0.15) is 0 Å². The number of nitrogens with one attached hydrogen (secondary N) is 1. The highest BCUT2D eigenvalue weighted by Crippen LogP contribution is 2.45. The zero-order valence-electron chi connectivity index (χ0n) is 15.9. The third kappa shape index (κ3) is 4.57. The van der Waals surface area contributed by atoms with E-state index in [0.717, 1.165) is 10.5 Å². The number of hydrogen-bond donors (Lipinski definition) is 2. The minimum atomic E-state index is -1.18. The van der Waals surface area contributed by atoms with Crippen LogP contribution in [-0.4, -0.2) is 45.0 Å². The number of aliphatic carboxylic acids is 1. The number of rotatable bonds is 6. The number of thioether (sulfide) groups is 2. The van der Waals surface area contributed by atoms with E-state index in [1.807, 2.05) is 30.3 Å². The fourth-order valence-electron chi connectivity index (χ4n) is 3.36. The van der Waals surface area contributed by atoms with Gasteiger partial charge in [0.2, 0.25) is 5.91 Å². The molecule has 0 spiro atoms. The highest BCUT2D eigenvalue weighted by molar-refractivity contribution is 8.06. The van der Waals surface area contributed by atoms with Gasteiger partial charge in [-0.05, 0) is 23.8 Å². The van der Waals surface area contributed by atoms with Crippen molar-refractivity contribution in [1.82, 2.24) is 10.2 Å². The summed E-state index contributed by atoms with van der Waals surface area (Å²) in [5.41, 5.74) is 0.782. The molecule has 0 aromatic heterocycles. The standard InChI is InChI=1S/C21H16Cl2N2O4S2/c22-13-7-6-12(9-14(13)23)31-15-10-30-20-17(19(27)25(20)18(15)21(28)29)24-16(26)8-11-4-2-1-3-5-11/h1-7,9,17,20H,8,10H2,(H,24,26)(H,28,29)/t17-,20-/m1/s1. The molecule has 10 heteroatoms. The van der Waals surface area contributed by atoms with Crippen molar-refractivity contribution in [3.05, 3.63) is 74.7 Å². The molecule has 2 amide bonds. The molecule has 2 aliphatic rings. The van der Waals surface area contributed by atoms with Crippen LogP contribution in [0, 0.1) is 0 Å². The summed E-state index contributed by atoms with van der Waals surface area (Å²) in [7, 11) is 0. The van der Waals surface area contributed by atoms with Crippen LogP contribution >= 0.6 is 46.7 Å². The van der Waals surface area contributed by atoms with Crippen molar-refractivity contribution in [3.8, 4) is 0 Å². The zero-order valence-corrected chi connectivity index (χ0v) is 19.0. The number of carbonyl (C=O) groups excluding carboxylic acids is 2. The summed E-state index contributed by atoms with van der Waals surface area (Å²) in [6.45, 7) is 0. The summed E-state index contributed by atoms with van der Waals surface area (Å²) in [6, 6.07) is 13.5. The maximum atomic E-state index is 12.7. The Bertz CT molecular complexity index is 1090. The molecule has 2 aromatic rings. The normalized spacial score (nSPS) is 20.2. The van der Waals surface area contributed by atoms with Gasteiger partial charge in [-0.1, -0.05) is 65.3 Å². The van der Waals surface area contributed by atoms with Crippen molar-refractivity contribution < 1.29 is 19.5 Å². The second kappa shape index (κ2) is 9.16. The first kappa shape index (κ1) is 22.1. The number of carboxylic acid groups (broad SMARTS) is 1. The molecule has 0 aliphatic carbocycles. The van der Waals surface area contributed by atoms with Crippen molar-refractivity contribution in [2.75, 3.05) is 5.75 Å². The molecule has 0 unspecified atom stereocenters. The van der Waals surface area contributed by atoms with E-state index in [2.05, 4.69) is 5.32 Å². The Morgan fingerprint density at radius 1 is 1.16 bits per heavy atom. The van der Waals surface area contributed by atoms with Gasteiger partial charge < -0.3 is 10.4 Å². The fourth-order valence-corrected chi connectivity index (χ4v) is 6.23.